The molecule has 1 fully saturated rings. The third-order valence-corrected chi connectivity index (χ3v) is 2.76. The van der Waals surface area contributed by atoms with Crippen LogP contribution in [0.1, 0.15) is 23.5 Å². The quantitative estimate of drug-likeness (QED) is 0.875. The molecule has 2 aromatic heterocycles. The number of amides is 1. The molecule has 0 bridgehead atoms. The Kier molecular flexibility index (Phi) is 2.76. The Morgan fingerprint density at radius 1 is 1.44 bits per heavy atom. The van der Waals surface area contributed by atoms with Crippen molar-refractivity contribution in [1.29, 1.82) is 0 Å². The lowest BCUT2D eigenvalue weighted by Crippen LogP contribution is -2.25. The SMILES string of the molecule is O=C(NCC1CC1)c1nc(-c2ccccn2)no1. The van der Waals surface area contributed by atoms with Gasteiger partial charge >= 0.3 is 11.8 Å². The van der Waals surface area contributed by atoms with Gasteiger partial charge in [-0.25, -0.2) is 0 Å². The fourth-order valence-corrected chi connectivity index (χ4v) is 1.55. The summed E-state index contributed by atoms with van der Waals surface area (Å²) in [5, 5.41) is 6.51. The van der Waals surface area contributed by atoms with Gasteiger partial charge in [-0.15, -0.1) is 0 Å². The predicted octanol–water partition coefficient (Wildman–Crippen LogP) is 1.27. The van der Waals surface area contributed by atoms with Crippen molar-refractivity contribution in [3.8, 4) is 11.5 Å². The van der Waals surface area contributed by atoms with Gasteiger partial charge in [0.25, 0.3) is 0 Å². The van der Waals surface area contributed by atoms with Gasteiger partial charge in [-0.3, -0.25) is 9.78 Å². The van der Waals surface area contributed by atoms with Crippen LogP contribution in [0, 0.1) is 5.92 Å². The third kappa shape index (κ3) is 2.37. The molecule has 0 unspecified atom stereocenters. The zero-order valence-electron chi connectivity index (χ0n) is 9.67. The zero-order valence-corrected chi connectivity index (χ0v) is 9.67. The fraction of sp³-hybridized carbons (Fsp3) is 0.333. The van der Waals surface area contributed by atoms with Crippen LogP contribution in [-0.2, 0) is 0 Å². The normalized spacial score (nSPS) is 14.4. The van der Waals surface area contributed by atoms with E-state index < -0.39 is 0 Å². The number of carbonyl (C=O) groups is 1. The maximum Gasteiger partial charge on any atom is 0.316 e. The molecule has 0 radical (unpaired) electrons. The summed E-state index contributed by atoms with van der Waals surface area (Å²) in [5.41, 5.74) is 0.586. The molecule has 1 aliphatic rings. The highest BCUT2D eigenvalue weighted by Gasteiger charge is 2.23. The average Bonchev–Trinajstić information content (AvgIpc) is 3.11. The summed E-state index contributed by atoms with van der Waals surface area (Å²) in [6, 6.07) is 5.38. The highest BCUT2D eigenvalue weighted by atomic mass is 16.5. The van der Waals surface area contributed by atoms with Gasteiger partial charge in [0.05, 0.1) is 0 Å². The minimum Gasteiger partial charge on any atom is -0.348 e. The number of rotatable bonds is 4. The molecule has 1 amide bonds. The zero-order chi connectivity index (χ0) is 12.4. The first-order chi connectivity index (χ1) is 8.83. The van der Waals surface area contributed by atoms with Crippen molar-refractivity contribution in [1.82, 2.24) is 20.4 Å². The first kappa shape index (κ1) is 10.9. The second-order valence-corrected chi connectivity index (χ2v) is 4.29. The van der Waals surface area contributed by atoms with Crippen molar-refractivity contribution >= 4 is 5.91 Å². The third-order valence-electron chi connectivity index (χ3n) is 2.76. The number of aromatic nitrogens is 3. The van der Waals surface area contributed by atoms with E-state index in [0.29, 0.717) is 24.0 Å². The Bertz CT molecular complexity index is 548. The molecule has 0 atom stereocenters. The summed E-state index contributed by atoms with van der Waals surface area (Å²) < 4.78 is 4.92. The molecule has 1 saturated carbocycles. The summed E-state index contributed by atoms with van der Waals surface area (Å²) in [7, 11) is 0. The number of pyridine rings is 1. The maximum absolute atomic E-state index is 11.7. The minimum atomic E-state index is -0.323. The van der Waals surface area contributed by atoms with Crippen LogP contribution in [0.3, 0.4) is 0 Å². The molecule has 0 aromatic carbocycles. The second kappa shape index (κ2) is 4.56. The van der Waals surface area contributed by atoms with E-state index in [1.54, 1.807) is 18.3 Å². The summed E-state index contributed by atoms with van der Waals surface area (Å²) in [4.78, 5) is 19.8. The van der Waals surface area contributed by atoms with E-state index in [-0.39, 0.29) is 11.8 Å². The van der Waals surface area contributed by atoms with Crippen LogP contribution in [0.25, 0.3) is 11.5 Å². The van der Waals surface area contributed by atoms with Gasteiger partial charge in [0.1, 0.15) is 5.69 Å². The van der Waals surface area contributed by atoms with Gasteiger partial charge in [-0.1, -0.05) is 11.2 Å². The number of hydrogen-bond acceptors (Lipinski definition) is 5. The van der Waals surface area contributed by atoms with Gasteiger partial charge in [0, 0.05) is 12.7 Å². The van der Waals surface area contributed by atoms with Crippen LogP contribution in [0.4, 0.5) is 0 Å². The van der Waals surface area contributed by atoms with Crippen LogP contribution in [-0.4, -0.2) is 27.6 Å². The lowest BCUT2D eigenvalue weighted by atomic mass is 10.3. The molecule has 6 nitrogen and oxygen atoms in total. The monoisotopic (exact) mass is 244 g/mol. The minimum absolute atomic E-state index is 0.0173. The molecule has 3 rings (SSSR count). The molecular formula is C12H12N4O2. The van der Waals surface area contributed by atoms with Crippen LogP contribution in [0.5, 0.6) is 0 Å². The molecule has 0 saturated heterocycles. The predicted molar refractivity (Wildman–Crippen MR) is 62.6 cm³/mol. The van der Waals surface area contributed by atoms with E-state index in [2.05, 4.69) is 20.4 Å². The first-order valence-electron chi connectivity index (χ1n) is 5.86. The van der Waals surface area contributed by atoms with Crippen molar-refractivity contribution in [3.05, 3.63) is 30.3 Å². The molecule has 1 aliphatic carbocycles. The van der Waals surface area contributed by atoms with Crippen LogP contribution >= 0.6 is 0 Å². The molecule has 92 valence electrons. The topological polar surface area (TPSA) is 80.9 Å². The molecule has 1 N–H and O–H groups in total. The average molecular weight is 244 g/mol. The molecule has 2 heterocycles. The number of nitrogens with zero attached hydrogens (tertiary/aromatic N) is 3. The van der Waals surface area contributed by atoms with Gasteiger partial charge in [-0.2, -0.15) is 4.98 Å². The molecule has 6 heteroatoms. The largest absolute Gasteiger partial charge is 0.348 e. The van der Waals surface area contributed by atoms with Gasteiger partial charge in [0.15, 0.2) is 0 Å². The molecule has 0 spiro atoms. The highest BCUT2D eigenvalue weighted by Crippen LogP contribution is 2.27. The van der Waals surface area contributed by atoms with E-state index >= 15 is 0 Å². The Morgan fingerprint density at radius 2 is 2.33 bits per heavy atom. The number of nitrogens with one attached hydrogen (secondary N) is 1. The first-order valence-corrected chi connectivity index (χ1v) is 5.86. The number of hydrogen-bond donors (Lipinski definition) is 1. The van der Waals surface area contributed by atoms with Gasteiger partial charge in [0.2, 0.25) is 5.82 Å². The van der Waals surface area contributed by atoms with Crippen molar-refractivity contribution < 1.29 is 9.32 Å². The van der Waals surface area contributed by atoms with E-state index in [1.807, 2.05) is 6.07 Å². The maximum atomic E-state index is 11.7. The van der Waals surface area contributed by atoms with Crippen molar-refractivity contribution in [3.63, 3.8) is 0 Å². The Balaban J connectivity index is 1.70. The lowest BCUT2D eigenvalue weighted by Gasteiger charge is -1.97. The van der Waals surface area contributed by atoms with Gasteiger partial charge in [-0.05, 0) is 30.9 Å². The fourth-order valence-electron chi connectivity index (χ4n) is 1.55. The summed E-state index contributed by atoms with van der Waals surface area (Å²) in [5.74, 6) is 0.604. The lowest BCUT2D eigenvalue weighted by molar-refractivity contribution is 0.0908. The van der Waals surface area contributed by atoms with Crippen LogP contribution < -0.4 is 5.32 Å². The van der Waals surface area contributed by atoms with Crippen molar-refractivity contribution in [2.24, 2.45) is 5.92 Å². The smallest absolute Gasteiger partial charge is 0.316 e. The standard InChI is InChI=1S/C12H12N4O2/c17-11(14-7-8-4-5-8)12-15-10(16-18-12)9-3-1-2-6-13-9/h1-3,6,8H,4-5,7H2,(H,14,17). The van der Waals surface area contributed by atoms with E-state index in [4.69, 9.17) is 4.52 Å². The number of carbonyl (C=O) groups excluding carboxylic acids is 1. The molecule has 0 aliphatic heterocycles. The molecule has 2 aromatic rings. The van der Waals surface area contributed by atoms with Crippen molar-refractivity contribution in [2.45, 2.75) is 12.8 Å². The summed E-state index contributed by atoms with van der Waals surface area (Å²) in [6.45, 7) is 0.681. The Hall–Kier alpha value is -2.24. The summed E-state index contributed by atoms with van der Waals surface area (Å²) in [6.07, 6.45) is 4.01. The van der Waals surface area contributed by atoms with Crippen LogP contribution in [0.2, 0.25) is 0 Å². The van der Waals surface area contributed by atoms with E-state index in [0.717, 1.165) is 0 Å². The van der Waals surface area contributed by atoms with E-state index in [1.165, 1.54) is 12.8 Å². The Labute approximate surface area is 103 Å². The Morgan fingerprint density at radius 3 is 3.06 bits per heavy atom. The highest BCUT2D eigenvalue weighted by molar-refractivity contribution is 5.89. The summed E-state index contributed by atoms with van der Waals surface area (Å²) >= 11 is 0. The van der Waals surface area contributed by atoms with Crippen LogP contribution in [0.15, 0.2) is 28.9 Å². The second-order valence-electron chi connectivity index (χ2n) is 4.29. The van der Waals surface area contributed by atoms with Gasteiger partial charge < -0.3 is 9.84 Å². The van der Waals surface area contributed by atoms with E-state index in [9.17, 15) is 4.79 Å². The van der Waals surface area contributed by atoms with Crippen molar-refractivity contribution in [2.75, 3.05) is 6.54 Å². The molecule has 18 heavy (non-hydrogen) atoms. The molecular weight excluding hydrogens is 232 g/mol.